The molecule has 1 aliphatic carbocycles. The van der Waals surface area contributed by atoms with E-state index in [2.05, 4.69) is 10.2 Å². The minimum atomic E-state index is -3.68. The average Bonchev–Trinajstić information content (AvgIpc) is 3.00. The molecule has 8 nitrogen and oxygen atoms in total. The number of allylic oxidation sites excluding steroid dienone is 1. The zero-order valence-electron chi connectivity index (χ0n) is 21.9. The monoisotopic (exact) mass is 554 g/mol. The molecule has 0 bridgehead atoms. The number of benzene rings is 3. The van der Waals surface area contributed by atoms with Crippen LogP contribution in [0, 0.1) is 0 Å². The molecular weight excluding hydrogens is 527 g/mol. The van der Waals surface area contributed by atoms with Gasteiger partial charge in [-0.15, -0.1) is 5.10 Å². The van der Waals surface area contributed by atoms with Crippen LogP contribution in [0.4, 0.5) is 0 Å². The number of Topliss-reactive ketones (excluding diaryl/α,β-unsaturated/α-hetero) is 1. The van der Waals surface area contributed by atoms with Crippen molar-refractivity contribution in [3.63, 3.8) is 0 Å². The Kier molecular flexibility index (Phi) is 7.41. The van der Waals surface area contributed by atoms with Crippen LogP contribution in [0.25, 0.3) is 5.57 Å². The number of aromatic nitrogens is 2. The van der Waals surface area contributed by atoms with E-state index in [1.165, 1.54) is 6.20 Å². The van der Waals surface area contributed by atoms with Gasteiger partial charge in [-0.25, -0.2) is 0 Å². The van der Waals surface area contributed by atoms with E-state index in [1.54, 1.807) is 6.92 Å². The van der Waals surface area contributed by atoms with Gasteiger partial charge >= 0.3 is 7.60 Å². The highest BCUT2D eigenvalue weighted by Crippen LogP contribution is 2.55. The standard InChI is InChI=1S/C31H27N2O6P/c1-21(40(35,37-19-22-8-4-2-5-9-22)38-20-23-10-6-3-7-11-23)36-18-24-12-15-29-26(16-24)25-13-14-28(34)27-17-32-33-31(39-29)30(25)27/h2-13,15-17,21H,14,18-20H2,1H3. The van der Waals surface area contributed by atoms with Crippen molar-refractivity contribution < 1.29 is 27.9 Å². The SMILES string of the molecule is CC(OCc1ccc2c(c1)C1=CCC(=O)c3cnnc(c31)O2)P(=O)(OCc1ccccc1)OCc1ccccc1. The summed E-state index contributed by atoms with van der Waals surface area (Å²) in [7, 11) is -3.68. The van der Waals surface area contributed by atoms with Crippen LogP contribution in [0.2, 0.25) is 0 Å². The lowest BCUT2D eigenvalue weighted by Crippen LogP contribution is -2.16. The van der Waals surface area contributed by atoms with Crippen LogP contribution in [0.1, 0.15) is 51.5 Å². The Morgan fingerprint density at radius 3 is 2.23 bits per heavy atom. The Labute approximate surface area is 232 Å². The van der Waals surface area contributed by atoms with Crippen molar-refractivity contribution in [3.05, 3.63) is 125 Å². The van der Waals surface area contributed by atoms with Gasteiger partial charge in [-0.2, -0.15) is 5.10 Å². The highest BCUT2D eigenvalue weighted by Gasteiger charge is 2.35. The Morgan fingerprint density at radius 2 is 1.55 bits per heavy atom. The lowest BCUT2D eigenvalue weighted by Gasteiger charge is -2.27. The number of hydrogen-bond donors (Lipinski definition) is 0. The molecular formula is C31H27N2O6P. The molecule has 2 aliphatic rings. The number of ether oxygens (including phenoxy) is 2. The van der Waals surface area contributed by atoms with Gasteiger partial charge in [-0.05, 0) is 41.3 Å². The first-order valence-corrected chi connectivity index (χ1v) is 14.6. The number of hydrogen-bond acceptors (Lipinski definition) is 8. The third kappa shape index (κ3) is 5.40. The van der Waals surface area contributed by atoms with Gasteiger partial charge in [0.1, 0.15) is 5.75 Å². The number of carbonyl (C=O) groups is 1. The molecule has 4 aromatic rings. The Morgan fingerprint density at radius 1 is 0.875 bits per heavy atom. The van der Waals surface area contributed by atoms with E-state index in [-0.39, 0.29) is 32.0 Å². The molecule has 0 saturated heterocycles. The molecule has 0 amide bonds. The highest BCUT2D eigenvalue weighted by atomic mass is 31.2. The average molecular weight is 555 g/mol. The summed E-state index contributed by atoms with van der Waals surface area (Å²) >= 11 is 0. The third-order valence-corrected chi connectivity index (χ3v) is 8.88. The second-order valence-corrected chi connectivity index (χ2v) is 11.9. The normalized spacial score (nSPS) is 14.5. The predicted octanol–water partition coefficient (Wildman–Crippen LogP) is 7.09. The van der Waals surface area contributed by atoms with Crippen molar-refractivity contribution in [3.8, 4) is 11.6 Å². The first kappa shape index (κ1) is 26.3. The van der Waals surface area contributed by atoms with Crippen LogP contribution < -0.4 is 4.74 Å². The molecule has 1 aromatic heterocycles. The van der Waals surface area contributed by atoms with E-state index in [1.807, 2.05) is 84.9 Å². The largest absolute Gasteiger partial charge is 0.436 e. The summed E-state index contributed by atoms with van der Waals surface area (Å²) in [5.74, 6) is 0.103. The second kappa shape index (κ2) is 11.3. The molecule has 2 heterocycles. The maximum absolute atomic E-state index is 14.0. The van der Waals surface area contributed by atoms with Crippen LogP contribution in [-0.2, 0) is 38.2 Å². The van der Waals surface area contributed by atoms with E-state index < -0.39 is 13.4 Å². The van der Waals surface area contributed by atoms with Gasteiger partial charge in [-0.1, -0.05) is 72.8 Å². The topological polar surface area (TPSA) is 96.8 Å². The number of nitrogens with zero attached hydrogens (tertiary/aromatic N) is 2. The molecule has 1 atom stereocenters. The lowest BCUT2D eigenvalue weighted by molar-refractivity contribution is 0.0637. The van der Waals surface area contributed by atoms with E-state index >= 15 is 0 Å². The molecule has 9 heteroatoms. The van der Waals surface area contributed by atoms with Crippen molar-refractivity contribution in [1.82, 2.24) is 10.2 Å². The quantitative estimate of drug-likeness (QED) is 0.169. The molecule has 1 aliphatic heterocycles. The van der Waals surface area contributed by atoms with Crippen molar-refractivity contribution in [1.29, 1.82) is 0 Å². The van der Waals surface area contributed by atoms with Crippen molar-refractivity contribution in [2.24, 2.45) is 0 Å². The smallest absolute Gasteiger partial charge is 0.359 e. The minimum absolute atomic E-state index is 0.0166. The summed E-state index contributed by atoms with van der Waals surface area (Å²) in [5.41, 5.74) is 5.52. The summed E-state index contributed by atoms with van der Waals surface area (Å²) in [4.78, 5) is 12.4. The van der Waals surface area contributed by atoms with E-state index in [9.17, 15) is 9.36 Å². The van der Waals surface area contributed by atoms with Crippen LogP contribution in [0.15, 0.2) is 91.1 Å². The highest BCUT2D eigenvalue weighted by molar-refractivity contribution is 7.54. The fourth-order valence-electron chi connectivity index (χ4n) is 4.67. The van der Waals surface area contributed by atoms with Crippen LogP contribution in [0.5, 0.6) is 11.6 Å². The van der Waals surface area contributed by atoms with Crippen molar-refractivity contribution in [2.75, 3.05) is 0 Å². The van der Waals surface area contributed by atoms with Crippen LogP contribution >= 0.6 is 7.60 Å². The molecule has 0 fully saturated rings. The number of rotatable bonds is 10. The van der Waals surface area contributed by atoms with E-state index in [0.717, 1.165) is 27.8 Å². The van der Waals surface area contributed by atoms with Crippen molar-refractivity contribution in [2.45, 2.75) is 39.0 Å². The molecule has 0 radical (unpaired) electrons. The number of ketones is 1. The number of carbonyl (C=O) groups excluding carboxylic acids is 1. The maximum Gasteiger partial charge on any atom is 0.359 e. The van der Waals surface area contributed by atoms with Gasteiger partial charge in [0.25, 0.3) is 0 Å². The van der Waals surface area contributed by atoms with Gasteiger partial charge in [0, 0.05) is 12.0 Å². The van der Waals surface area contributed by atoms with Crippen LogP contribution in [-0.4, -0.2) is 21.8 Å². The van der Waals surface area contributed by atoms with E-state index in [4.69, 9.17) is 18.5 Å². The molecule has 3 aromatic carbocycles. The fourth-order valence-corrected chi connectivity index (χ4v) is 6.08. The van der Waals surface area contributed by atoms with Crippen LogP contribution in [0.3, 0.4) is 0 Å². The summed E-state index contributed by atoms with van der Waals surface area (Å²) in [6.07, 6.45) is 3.67. The summed E-state index contributed by atoms with van der Waals surface area (Å²) in [5, 5.41) is 8.01. The van der Waals surface area contributed by atoms with Crippen molar-refractivity contribution >= 4 is 19.0 Å². The van der Waals surface area contributed by atoms with Gasteiger partial charge in [-0.3, -0.25) is 9.36 Å². The Balaban J connectivity index is 1.19. The predicted molar refractivity (Wildman–Crippen MR) is 149 cm³/mol. The molecule has 1 unspecified atom stereocenters. The van der Waals surface area contributed by atoms with Gasteiger partial charge < -0.3 is 18.5 Å². The third-order valence-electron chi connectivity index (χ3n) is 6.87. The molecule has 40 heavy (non-hydrogen) atoms. The zero-order valence-corrected chi connectivity index (χ0v) is 22.8. The molecule has 0 spiro atoms. The first-order valence-electron chi connectivity index (χ1n) is 13.0. The molecule has 0 N–H and O–H groups in total. The summed E-state index contributed by atoms with van der Waals surface area (Å²) in [6, 6.07) is 24.7. The molecule has 0 saturated carbocycles. The fraction of sp³-hybridized carbons (Fsp3) is 0.194. The lowest BCUT2D eigenvalue weighted by atomic mass is 9.85. The van der Waals surface area contributed by atoms with E-state index in [0.29, 0.717) is 22.8 Å². The first-order chi connectivity index (χ1) is 19.5. The Bertz CT molecular complexity index is 1580. The Hall–Kier alpha value is -3.94. The maximum atomic E-state index is 14.0. The number of fused-ring (bicyclic) bond motifs is 2. The van der Waals surface area contributed by atoms with Gasteiger partial charge in [0.15, 0.2) is 11.6 Å². The second-order valence-electron chi connectivity index (χ2n) is 9.58. The van der Waals surface area contributed by atoms with Gasteiger partial charge in [0.05, 0.1) is 37.1 Å². The van der Waals surface area contributed by atoms with Gasteiger partial charge in [0.2, 0.25) is 5.88 Å². The summed E-state index contributed by atoms with van der Waals surface area (Å²) in [6.45, 7) is 2.14. The minimum Gasteiger partial charge on any atom is -0.436 e. The summed E-state index contributed by atoms with van der Waals surface area (Å²) < 4.78 is 37.9. The molecule has 202 valence electrons. The molecule has 6 rings (SSSR count). The zero-order chi connectivity index (χ0) is 27.5.